The lowest BCUT2D eigenvalue weighted by molar-refractivity contribution is -0.159. The molecule has 1 unspecified atom stereocenters. The zero-order chi connectivity index (χ0) is 20.6. The number of fused-ring (bicyclic) bond motifs is 1. The number of esters is 1. The predicted molar refractivity (Wildman–Crippen MR) is 105 cm³/mol. The average molecular weight is 399 g/mol. The first-order chi connectivity index (χ1) is 12.4. The van der Waals surface area contributed by atoms with Gasteiger partial charge < -0.3 is 19.1 Å². The van der Waals surface area contributed by atoms with Crippen molar-refractivity contribution in [1.82, 2.24) is 0 Å². The summed E-state index contributed by atoms with van der Waals surface area (Å²) in [5.74, 6) is -0.193. The first-order valence-electron chi connectivity index (χ1n) is 8.75. The van der Waals surface area contributed by atoms with E-state index in [0.29, 0.717) is 22.1 Å². The number of halogens is 1. The number of hydrogen-bond donors (Lipinski definition) is 0. The van der Waals surface area contributed by atoms with Gasteiger partial charge in [0.15, 0.2) is 0 Å². The van der Waals surface area contributed by atoms with E-state index in [-0.39, 0.29) is 13.2 Å². The fraction of sp³-hybridized carbons (Fsp3) is 0.579. The molecule has 0 fully saturated rings. The second-order valence-corrected chi connectivity index (χ2v) is 8.19. The van der Waals surface area contributed by atoms with E-state index >= 15 is 0 Å². The summed E-state index contributed by atoms with van der Waals surface area (Å²) in [4.78, 5) is 28.5. The van der Waals surface area contributed by atoms with Crippen molar-refractivity contribution in [2.24, 2.45) is 0 Å². The first-order valence-corrected chi connectivity index (χ1v) is 9.13. The van der Waals surface area contributed by atoms with Crippen LogP contribution in [-0.4, -0.2) is 50.5 Å². The molecule has 27 heavy (non-hydrogen) atoms. The third kappa shape index (κ3) is 4.58. The highest BCUT2D eigenvalue weighted by atomic mass is 35.5. The zero-order valence-electron chi connectivity index (χ0n) is 16.9. The molecule has 1 atom stereocenters. The van der Waals surface area contributed by atoms with Gasteiger partial charge in [-0.2, -0.15) is 0 Å². The first kappa shape index (κ1) is 21.2. The van der Waals surface area contributed by atoms with Crippen molar-refractivity contribution in [2.45, 2.75) is 45.8 Å². The van der Waals surface area contributed by atoms with Crippen LogP contribution in [0, 0.1) is 0 Å². The molecule has 1 aromatic rings. The molecule has 0 spiro atoms. The van der Waals surface area contributed by atoms with Crippen LogP contribution in [0.5, 0.6) is 5.75 Å². The summed E-state index contributed by atoms with van der Waals surface area (Å²) in [6, 6.07) is 3.34. The molecule has 1 aromatic carbocycles. The number of ether oxygens (including phenoxy) is 3. The molecule has 2 rings (SSSR count). The summed E-state index contributed by atoms with van der Waals surface area (Å²) in [6.45, 7) is 8.80. The molecule has 1 aliphatic heterocycles. The van der Waals surface area contributed by atoms with E-state index in [2.05, 4.69) is 0 Å². The summed E-state index contributed by atoms with van der Waals surface area (Å²) in [7, 11) is 3.68. The Morgan fingerprint density at radius 2 is 1.96 bits per heavy atom. The quantitative estimate of drug-likeness (QED) is 0.720. The van der Waals surface area contributed by atoms with Crippen molar-refractivity contribution in [1.29, 1.82) is 0 Å². The Morgan fingerprint density at radius 3 is 2.48 bits per heavy atom. The molecule has 1 heterocycles. The number of rotatable bonds is 3. The molecule has 1 amide bonds. The Bertz CT molecular complexity index is 744. The maximum atomic E-state index is 12.8. The lowest BCUT2D eigenvalue weighted by Crippen LogP contribution is -2.57. The molecule has 0 aromatic heterocycles. The van der Waals surface area contributed by atoms with Gasteiger partial charge in [0.2, 0.25) is 5.60 Å². The molecule has 0 bridgehead atoms. The average Bonchev–Trinajstić information content (AvgIpc) is 2.52. The third-order valence-corrected chi connectivity index (χ3v) is 4.22. The van der Waals surface area contributed by atoms with Gasteiger partial charge >= 0.3 is 12.1 Å². The summed E-state index contributed by atoms with van der Waals surface area (Å²) < 4.78 is 16.6. The second kappa shape index (κ2) is 7.46. The molecule has 150 valence electrons. The Morgan fingerprint density at radius 1 is 1.33 bits per heavy atom. The van der Waals surface area contributed by atoms with Crippen LogP contribution in [0.25, 0.3) is 0 Å². The van der Waals surface area contributed by atoms with Gasteiger partial charge in [-0.1, -0.05) is 11.6 Å². The summed E-state index contributed by atoms with van der Waals surface area (Å²) >= 11 is 6.37. The van der Waals surface area contributed by atoms with Crippen LogP contribution in [0.15, 0.2) is 12.1 Å². The molecular formula is C19H27ClN2O5. The van der Waals surface area contributed by atoms with Crippen molar-refractivity contribution < 1.29 is 23.8 Å². The molecule has 0 saturated carbocycles. The summed E-state index contributed by atoms with van der Waals surface area (Å²) in [5.41, 5.74) is -0.907. The number of benzene rings is 1. The normalized spacial score (nSPS) is 19.0. The maximum Gasteiger partial charge on any atom is 0.415 e. The maximum absolute atomic E-state index is 12.8. The van der Waals surface area contributed by atoms with Gasteiger partial charge in [-0.15, -0.1) is 0 Å². The van der Waals surface area contributed by atoms with Crippen molar-refractivity contribution >= 4 is 35.0 Å². The van der Waals surface area contributed by atoms with E-state index in [1.54, 1.807) is 46.8 Å². The van der Waals surface area contributed by atoms with Gasteiger partial charge in [-0.25, -0.2) is 9.59 Å². The van der Waals surface area contributed by atoms with Gasteiger partial charge in [0.05, 0.1) is 29.5 Å². The van der Waals surface area contributed by atoms with Crippen molar-refractivity contribution in [3.63, 3.8) is 0 Å². The third-order valence-electron chi connectivity index (χ3n) is 3.92. The Hall–Kier alpha value is -2.15. The van der Waals surface area contributed by atoms with Crippen molar-refractivity contribution in [3.8, 4) is 5.75 Å². The van der Waals surface area contributed by atoms with E-state index in [0.717, 1.165) is 0 Å². The summed E-state index contributed by atoms with van der Waals surface area (Å²) in [5, 5.41) is 0.454. The standard InChI is InChI=1S/C19H27ClN2O5/c1-8-25-16(23)19(5)11-22(17(24)27-18(2,3)4)14-9-12(20)13(21(6)7)10-15(14)26-19/h9-10H,8,11H2,1-7H3. The molecule has 7 nitrogen and oxygen atoms in total. The number of amides is 1. The fourth-order valence-electron chi connectivity index (χ4n) is 2.70. The van der Waals surface area contributed by atoms with Gasteiger partial charge in [-0.3, -0.25) is 4.90 Å². The van der Waals surface area contributed by atoms with E-state index in [1.807, 2.05) is 19.0 Å². The summed E-state index contributed by atoms with van der Waals surface area (Å²) in [6.07, 6.45) is -0.587. The molecule has 0 radical (unpaired) electrons. The number of carbonyl (C=O) groups is 2. The van der Waals surface area contributed by atoms with Gasteiger partial charge in [0, 0.05) is 20.2 Å². The van der Waals surface area contributed by atoms with Crippen LogP contribution < -0.4 is 14.5 Å². The number of anilines is 2. The van der Waals surface area contributed by atoms with E-state index in [4.69, 9.17) is 25.8 Å². The van der Waals surface area contributed by atoms with Crippen LogP contribution in [0.3, 0.4) is 0 Å². The molecule has 0 N–H and O–H groups in total. The monoisotopic (exact) mass is 398 g/mol. The van der Waals surface area contributed by atoms with E-state index in [9.17, 15) is 9.59 Å². The lowest BCUT2D eigenvalue weighted by atomic mass is 10.0. The van der Waals surface area contributed by atoms with Crippen LogP contribution in [0.4, 0.5) is 16.2 Å². The highest BCUT2D eigenvalue weighted by Crippen LogP contribution is 2.43. The highest BCUT2D eigenvalue weighted by Gasteiger charge is 2.46. The van der Waals surface area contributed by atoms with Gasteiger partial charge in [-0.05, 0) is 40.7 Å². The van der Waals surface area contributed by atoms with Gasteiger partial charge in [0.25, 0.3) is 0 Å². The minimum atomic E-state index is -1.36. The fourth-order valence-corrected chi connectivity index (χ4v) is 3.03. The van der Waals surface area contributed by atoms with Crippen molar-refractivity contribution in [3.05, 3.63) is 17.2 Å². The van der Waals surface area contributed by atoms with E-state index in [1.165, 1.54) is 4.90 Å². The molecule has 1 aliphatic rings. The van der Waals surface area contributed by atoms with Crippen LogP contribution >= 0.6 is 11.6 Å². The van der Waals surface area contributed by atoms with Crippen LogP contribution in [-0.2, 0) is 14.3 Å². The van der Waals surface area contributed by atoms with E-state index < -0.39 is 23.3 Å². The number of hydrogen-bond acceptors (Lipinski definition) is 6. The second-order valence-electron chi connectivity index (χ2n) is 7.79. The molecule has 0 saturated heterocycles. The molecule has 8 heteroatoms. The smallest absolute Gasteiger partial charge is 0.415 e. The lowest BCUT2D eigenvalue weighted by Gasteiger charge is -2.40. The topological polar surface area (TPSA) is 68.3 Å². The minimum Gasteiger partial charge on any atom is -0.472 e. The largest absolute Gasteiger partial charge is 0.472 e. The Balaban J connectivity index is 2.54. The van der Waals surface area contributed by atoms with Crippen LogP contribution in [0.2, 0.25) is 5.02 Å². The highest BCUT2D eigenvalue weighted by molar-refractivity contribution is 6.33. The molecule has 0 aliphatic carbocycles. The van der Waals surface area contributed by atoms with Gasteiger partial charge in [0.1, 0.15) is 11.4 Å². The minimum absolute atomic E-state index is 0.0502. The van der Waals surface area contributed by atoms with Crippen LogP contribution in [0.1, 0.15) is 34.6 Å². The number of nitrogens with zero attached hydrogens (tertiary/aromatic N) is 2. The van der Waals surface area contributed by atoms with Crippen molar-refractivity contribution in [2.75, 3.05) is 37.0 Å². The predicted octanol–water partition coefficient (Wildman–Crippen LogP) is 3.86. The number of carbonyl (C=O) groups excluding carboxylic acids is 2. The molecular weight excluding hydrogens is 372 g/mol. The zero-order valence-corrected chi connectivity index (χ0v) is 17.6. The Labute approximate surface area is 165 Å². The SMILES string of the molecule is CCOC(=O)C1(C)CN(C(=O)OC(C)(C)C)c2cc(Cl)c(N(C)C)cc2O1. The Kier molecular flexibility index (Phi) is 5.85.